The highest BCUT2D eigenvalue weighted by Crippen LogP contribution is 2.09. The van der Waals surface area contributed by atoms with Gasteiger partial charge in [0.25, 0.3) is 0 Å². The molecular weight excluding hydrogens is 308 g/mol. The number of hydrogen-bond donors (Lipinski definition) is 1. The van der Waals surface area contributed by atoms with Gasteiger partial charge in [0.2, 0.25) is 5.91 Å². The molecule has 1 N–H and O–H groups in total. The van der Waals surface area contributed by atoms with Crippen LogP contribution in [-0.2, 0) is 4.79 Å². The second kappa shape index (κ2) is 16.6. The van der Waals surface area contributed by atoms with Gasteiger partial charge in [-0.2, -0.15) is 0 Å². The fraction of sp³-hybridized carbons (Fsp3) is 0.864. The molecule has 3 nitrogen and oxygen atoms in total. The standard InChI is InChI=1S/C22H44N2O/c1-5-6-7-8-9-10-11-12-13-14-15-16-17-19-22(25)23-20-18-21-24(2,3)4/h10-11H,5-9,12-21H2,1-4H3/p+1. The number of carbonyl (C=O) groups excluding carboxylic acids is 1. The van der Waals surface area contributed by atoms with Gasteiger partial charge in [-0.25, -0.2) is 0 Å². The number of hydrogen-bond acceptors (Lipinski definition) is 1. The van der Waals surface area contributed by atoms with E-state index in [1.165, 1.54) is 64.2 Å². The Hall–Kier alpha value is -0.830. The summed E-state index contributed by atoms with van der Waals surface area (Å²) in [5, 5.41) is 3.04. The molecule has 0 saturated carbocycles. The van der Waals surface area contributed by atoms with Crippen LogP contribution in [0.1, 0.15) is 90.4 Å². The molecular formula is C22H45N2O+. The number of unbranched alkanes of at least 4 members (excludes halogenated alkanes) is 9. The Labute approximate surface area is 157 Å². The van der Waals surface area contributed by atoms with Gasteiger partial charge in [-0.15, -0.1) is 0 Å². The third-order valence-corrected chi connectivity index (χ3v) is 4.49. The molecule has 0 bridgehead atoms. The molecule has 0 aliphatic heterocycles. The zero-order chi connectivity index (χ0) is 18.8. The molecule has 0 unspecified atom stereocenters. The molecule has 0 fully saturated rings. The summed E-state index contributed by atoms with van der Waals surface area (Å²) in [6, 6.07) is 0. The number of amides is 1. The number of allylic oxidation sites excluding steroid dienone is 2. The third-order valence-electron chi connectivity index (χ3n) is 4.49. The summed E-state index contributed by atoms with van der Waals surface area (Å²) in [6.07, 6.45) is 20.5. The van der Waals surface area contributed by atoms with Crippen LogP contribution in [0.25, 0.3) is 0 Å². The van der Waals surface area contributed by atoms with E-state index in [9.17, 15) is 4.79 Å². The summed E-state index contributed by atoms with van der Waals surface area (Å²) >= 11 is 0. The minimum absolute atomic E-state index is 0.229. The molecule has 0 aromatic rings. The Morgan fingerprint density at radius 1 is 0.800 bits per heavy atom. The number of quaternary nitrogens is 1. The first-order chi connectivity index (χ1) is 12.0. The van der Waals surface area contributed by atoms with Crippen LogP contribution in [0.2, 0.25) is 0 Å². The van der Waals surface area contributed by atoms with Crippen molar-refractivity contribution in [3.63, 3.8) is 0 Å². The molecule has 0 aliphatic rings. The van der Waals surface area contributed by atoms with Crippen LogP contribution in [0.4, 0.5) is 0 Å². The van der Waals surface area contributed by atoms with E-state index in [1.54, 1.807) is 0 Å². The molecule has 0 spiro atoms. The van der Waals surface area contributed by atoms with Gasteiger partial charge in [0.1, 0.15) is 0 Å². The fourth-order valence-corrected chi connectivity index (χ4v) is 2.87. The van der Waals surface area contributed by atoms with E-state index >= 15 is 0 Å². The van der Waals surface area contributed by atoms with Crippen LogP contribution in [0.3, 0.4) is 0 Å². The smallest absolute Gasteiger partial charge is 0.219 e. The predicted octanol–water partition coefficient (Wildman–Crippen LogP) is 5.46. The molecule has 0 aromatic carbocycles. The minimum atomic E-state index is 0.229. The molecule has 0 saturated heterocycles. The summed E-state index contributed by atoms with van der Waals surface area (Å²) in [5.74, 6) is 0.229. The van der Waals surface area contributed by atoms with Gasteiger partial charge in [-0.05, 0) is 32.1 Å². The van der Waals surface area contributed by atoms with E-state index in [0.717, 1.165) is 30.4 Å². The van der Waals surface area contributed by atoms with E-state index in [2.05, 4.69) is 45.5 Å². The average molecular weight is 354 g/mol. The zero-order valence-electron chi connectivity index (χ0n) is 17.6. The minimum Gasteiger partial charge on any atom is -0.356 e. The molecule has 1 amide bonds. The average Bonchev–Trinajstić information content (AvgIpc) is 2.55. The van der Waals surface area contributed by atoms with E-state index in [4.69, 9.17) is 0 Å². The van der Waals surface area contributed by atoms with E-state index < -0.39 is 0 Å². The van der Waals surface area contributed by atoms with Crippen LogP contribution in [0.5, 0.6) is 0 Å². The van der Waals surface area contributed by atoms with Crippen LogP contribution >= 0.6 is 0 Å². The lowest BCUT2D eigenvalue weighted by molar-refractivity contribution is -0.870. The van der Waals surface area contributed by atoms with Crippen LogP contribution in [0, 0.1) is 0 Å². The van der Waals surface area contributed by atoms with Crippen molar-refractivity contribution in [2.45, 2.75) is 90.4 Å². The molecule has 0 rings (SSSR count). The zero-order valence-corrected chi connectivity index (χ0v) is 17.6. The molecule has 0 aromatic heterocycles. The highest BCUT2D eigenvalue weighted by Gasteiger charge is 2.06. The lowest BCUT2D eigenvalue weighted by atomic mass is 10.1. The van der Waals surface area contributed by atoms with Crippen molar-refractivity contribution >= 4 is 5.91 Å². The molecule has 0 atom stereocenters. The van der Waals surface area contributed by atoms with Gasteiger partial charge >= 0.3 is 0 Å². The highest BCUT2D eigenvalue weighted by molar-refractivity contribution is 5.75. The first kappa shape index (κ1) is 24.2. The Balaban J connectivity index is 3.27. The third kappa shape index (κ3) is 21.1. The summed E-state index contributed by atoms with van der Waals surface area (Å²) in [4.78, 5) is 11.7. The lowest BCUT2D eigenvalue weighted by Crippen LogP contribution is -2.37. The lowest BCUT2D eigenvalue weighted by Gasteiger charge is -2.23. The largest absolute Gasteiger partial charge is 0.356 e. The molecule has 148 valence electrons. The van der Waals surface area contributed by atoms with Gasteiger partial charge in [0, 0.05) is 19.4 Å². The van der Waals surface area contributed by atoms with Crippen LogP contribution < -0.4 is 5.32 Å². The van der Waals surface area contributed by atoms with Crippen molar-refractivity contribution in [1.29, 1.82) is 0 Å². The van der Waals surface area contributed by atoms with E-state index in [-0.39, 0.29) is 5.91 Å². The number of nitrogens with zero attached hydrogens (tertiary/aromatic N) is 1. The van der Waals surface area contributed by atoms with E-state index in [0.29, 0.717) is 6.42 Å². The van der Waals surface area contributed by atoms with Gasteiger partial charge in [0.05, 0.1) is 27.7 Å². The van der Waals surface area contributed by atoms with Crippen molar-refractivity contribution in [2.24, 2.45) is 0 Å². The number of carbonyl (C=O) groups is 1. The normalized spacial score (nSPS) is 12.0. The van der Waals surface area contributed by atoms with Gasteiger partial charge in [-0.3, -0.25) is 4.79 Å². The van der Waals surface area contributed by atoms with Crippen molar-refractivity contribution in [3.8, 4) is 0 Å². The van der Waals surface area contributed by atoms with Crippen molar-refractivity contribution < 1.29 is 9.28 Å². The molecule has 3 heteroatoms. The summed E-state index contributed by atoms with van der Waals surface area (Å²) in [6.45, 7) is 4.18. The maximum absolute atomic E-state index is 11.7. The van der Waals surface area contributed by atoms with Crippen molar-refractivity contribution in [3.05, 3.63) is 12.2 Å². The first-order valence-electron chi connectivity index (χ1n) is 10.7. The SMILES string of the molecule is CCCCCCC=CCCCCCCCC(=O)NCCC[N+](C)(C)C. The van der Waals surface area contributed by atoms with Crippen molar-refractivity contribution in [1.82, 2.24) is 5.32 Å². The Morgan fingerprint density at radius 3 is 1.96 bits per heavy atom. The highest BCUT2D eigenvalue weighted by atomic mass is 16.1. The summed E-state index contributed by atoms with van der Waals surface area (Å²) in [5.41, 5.74) is 0. The van der Waals surface area contributed by atoms with Crippen molar-refractivity contribution in [2.75, 3.05) is 34.2 Å². The number of rotatable bonds is 17. The summed E-state index contributed by atoms with van der Waals surface area (Å²) < 4.78 is 0.962. The molecule has 25 heavy (non-hydrogen) atoms. The quantitative estimate of drug-likeness (QED) is 0.210. The summed E-state index contributed by atoms with van der Waals surface area (Å²) in [7, 11) is 6.56. The molecule has 0 aliphatic carbocycles. The van der Waals surface area contributed by atoms with Crippen LogP contribution in [-0.4, -0.2) is 44.6 Å². The monoisotopic (exact) mass is 353 g/mol. The Kier molecular flexibility index (Phi) is 16.1. The first-order valence-corrected chi connectivity index (χ1v) is 10.7. The van der Waals surface area contributed by atoms with E-state index in [1.807, 2.05) is 0 Å². The van der Waals surface area contributed by atoms with Gasteiger partial charge < -0.3 is 9.80 Å². The Morgan fingerprint density at radius 2 is 1.36 bits per heavy atom. The predicted molar refractivity (Wildman–Crippen MR) is 111 cm³/mol. The number of nitrogens with one attached hydrogen (secondary N) is 1. The second-order valence-electron chi connectivity index (χ2n) is 8.34. The van der Waals surface area contributed by atoms with Gasteiger partial charge in [0.15, 0.2) is 0 Å². The maximum Gasteiger partial charge on any atom is 0.219 e. The molecule has 0 heterocycles. The maximum atomic E-state index is 11.7. The Bertz CT molecular complexity index is 331. The second-order valence-corrected chi connectivity index (χ2v) is 8.34. The molecule has 0 radical (unpaired) electrons. The van der Waals surface area contributed by atoms with Gasteiger partial charge in [-0.1, -0.05) is 57.6 Å². The van der Waals surface area contributed by atoms with Crippen LogP contribution in [0.15, 0.2) is 12.2 Å². The fourth-order valence-electron chi connectivity index (χ4n) is 2.87. The topological polar surface area (TPSA) is 29.1 Å².